The molecule has 0 saturated heterocycles. The minimum Gasteiger partial charge on any atom is -0.457 e. The van der Waals surface area contributed by atoms with Crippen molar-refractivity contribution >= 4 is 28.9 Å². The molecule has 0 saturated carbocycles. The number of halogens is 1. The predicted molar refractivity (Wildman–Crippen MR) is 99.0 cm³/mol. The highest BCUT2D eigenvalue weighted by Gasteiger charge is 2.20. The zero-order valence-electron chi connectivity index (χ0n) is 13.4. The van der Waals surface area contributed by atoms with Crippen LogP contribution in [0.25, 0.3) is 0 Å². The first-order chi connectivity index (χ1) is 12.5. The Balaban J connectivity index is 1.73. The van der Waals surface area contributed by atoms with Crippen LogP contribution >= 0.6 is 11.6 Å². The minimum atomic E-state index is -0.641. The van der Waals surface area contributed by atoms with E-state index >= 15 is 0 Å². The van der Waals surface area contributed by atoms with E-state index in [1.807, 2.05) is 30.3 Å². The van der Waals surface area contributed by atoms with Crippen LogP contribution in [0.3, 0.4) is 0 Å². The molecule has 0 radical (unpaired) electrons. The number of anilines is 1. The van der Waals surface area contributed by atoms with Gasteiger partial charge in [-0.15, -0.1) is 0 Å². The van der Waals surface area contributed by atoms with Gasteiger partial charge in [0, 0.05) is 16.8 Å². The fourth-order valence-corrected chi connectivity index (χ4v) is 2.44. The van der Waals surface area contributed by atoms with Crippen molar-refractivity contribution in [1.82, 2.24) is 0 Å². The van der Waals surface area contributed by atoms with Gasteiger partial charge in [-0.1, -0.05) is 29.8 Å². The Labute approximate surface area is 154 Å². The van der Waals surface area contributed by atoms with Gasteiger partial charge < -0.3 is 10.1 Å². The lowest BCUT2D eigenvalue weighted by atomic mass is 10.1. The number of hydrogen-bond acceptors (Lipinski definition) is 4. The molecule has 0 aliphatic carbocycles. The van der Waals surface area contributed by atoms with E-state index in [4.69, 9.17) is 16.3 Å². The Morgan fingerprint density at radius 1 is 0.962 bits per heavy atom. The van der Waals surface area contributed by atoms with Gasteiger partial charge in [0.25, 0.3) is 11.6 Å². The second kappa shape index (κ2) is 7.67. The molecule has 130 valence electrons. The molecule has 0 heterocycles. The van der Waals surface area contributed by atoms with Gasteiger partial charge >= 0.3 is 0 Å². The second-order valence-electron chi connectivity index (χ2n) is 5.31. The van der Waals surface area contributed by atoms with Crippen LogP contribution in [0.5, 0.6) is 11.5 Å². The number of ether oxygens (including phenoxy) is 1. The van der Waals surface area contributed by atoms with E-state index in [1.165, 1.54) is 12.1 Å². The molecule has 3 aromatic rings. The van der Waals surface area contributed by atoms with Gasteiger partial charge in [0.1, 0.15) is 17.1 Å². The predicted octanol–water partition coefficient (Wildman–Crippen LogP) is 5.29. The van der Waals surface area contributed by atoms with Crippen molar-refractivity contribution in [3.8, 4) is 11.5 Å². The number of nitrogens with one attached hydrogen (secondary N) is 1. The maximum Gasteiger partial charge on any atom is 0.283 e. The molecule has 0 atom stereocenters. The molecular formula is C19H13ClN2O4. The number of rotatable bonds is 5. The number of hydrogen-bond donors (Lipinski definition) is 1. The van der Waals surface area contributed by atoms with E-state index < -0.39 is 10.8 Å². The lowest BCUT2D eigenvalue weighted by molar-refractivity contribution is -0.385. The summed E-state index contributed by atoms with van der Waals surface area (Å²) in [7, 11) is 0. The van der Waals surface area contributed by atoms with Gasteiger partial charge in [0.2, 0.25) is 0 Å². The molecule has 3 rings (SSSR count). The Bertz CT molecular complexity index is 944. The standard InChI is InChI=1S/C19H13ClN2O4/c20-13-6-11-17(18(12-13)22(24)25)19(23)21-14-7-9-16(10-8-14)26-15-4-2-1-3-5-15/h1-12H,(H,21,23). The maximum absolute atomic E-state index is 12.3. The number of nitro benzene ring substituents is 1. The number of carbonyl (C=O) groups is 1. The summed E-state index contributed by atoms with van der Waals surface area (Å²) in [5.74, 6) is 0.706. The largest absolute Gasteiger partial charge is 0.457 e. The monoisotopic (exact) mass is 368 g/mol. The second-order valence-corrected chi connectivity index (χ2v) is 5.75. The van der Waals surface area contributed by atoms with Crippen LogP contribution in [0.15, 0.2) is 72.8 Å². The summed E-state index contributed by atoms with van der Waals surface area (Å²) < 4.78 is 5.67. The number of amides is 1. The van der Waals surface area contributed by atoms with E-state index in [1.54, 1.807) is 24.3 Å². The number of carbonyl (C=O) groups excluding carboxylic acids is 1. The van der Waals surface area contributed by atoms with Crippen molar-refractivity contribution in [2.24, 2.45) is 0 Å². The van der Waals surface area contributed by atoms with Gasteiger partial charge in [-0.25, -0.2) is 0 Å². The van der Waals surface area contributed by atoms with Crippen molar-refractivity contribution < 1.29 is 14.5 Å². The lowest BCUT2D eigenvalue weighted by Crippen LogP contribution is -2.13. The molecule has 0 bridgehead atoms. The quantitative estimate of drug-likeness (QED) is 0.489. The highest BCUT2D eigenvalue weighted by atomic mass is 35.5. The molecule has 0 fully saturated rings. The highest BCUT2D eigenvalue weighted by molar-refractivity contribution is 6.31. The fraction of sp³-hybridized carbons (Fsp3) is 0. The number of benzene rings is 3. The van der Waals surface area contributed by atoms with Crippen molar-refractivity contribution in [2.45, 2.75) is 0 Å². The van der Waals surface area contributed by atoms with E-state index in [0.717, 1.165) is 6.07 Å². The summed E-state index contributed by atoms with van der Waals surface area (Å²) in [5.41, 5.74) is 0.0719. The van der Waals surface area contributed by atoms with E-state index in [-0.39, 0.29) is 16.3 Å². The molecule has 1 amide bonds. The zero-order valence-corrected chi connectivity index (χ0v) is 14.1. The summed E-state index contributed by atoms with van der Waals surface area (Å²) in [5, 5.41) is 13.9. The Morgan fingerprint density at radius 2 is 1.62 bits per heavy atom. The first kappa shape index (κ1) is 17.4. The summed E-state index contributed by atoms with van der Waals surface area (Å²) in [4.78, 5) is 22.8. The molecule has 6 nitrogen and oxygen atoms in total. The van der Waals surface area contributed by atoms with Crippen LogP contribution in [0, 0.1) is 10.1 Å². The van der Waals surface area contributed by atoms with Crippen LogP contribution in [-0.4, -0.2) is 10.8 Å². The SMILES string of the molecule is O=C(Nc1ccc(Oc2ccccc2)cc1)c1ccc(Cl)cc1[N+](=O)[O-]. The van der Waals surface area contributed by atoms with Gasteiger partial charge in [-0.05, 0) is 48.5 Å². The molecule has 0 aliphatic rings. The molecule has 0 aromatic heterocycles. The number of nitro groups is 1. The summed E-state index contributed by atoms with van der Waals surface area (Å²) >= 11 is 5.76. The molecule has 1 N–H and O–H groups in total. The maximum atomic E-state index is 12.3. The fourth-order valence-electron chi connectivity index (χ4n) is 2.28. The molecule has 7 heteroatoms. The molecule has 3 aromatic carbocycles. The first-order valence-electron chi connectivity index (χ1n) is 7.61. The lowest BCUT2D eigenvalue weighted by Gasteiger charge is -2.08. The Hall–Kier alpha value is -3.38. The van der Waals surface area contributed by atoms with E-state index in [2.05, 4.69) is 5.32 Å². The first-order valence-corrected chi connectivity index (χ1v) is 7.99. The van der Waals surface area contributed by atoms with E-state index in [9.17, 15) is 14.9 Å². The van der Waals surface area contributed by atoms with Gasteiger partial charge in [-0.2, -0.15) is 0 Å². The summed E-state index contributed by atoms with van der Waals surface area (Å²) in [6.45, 7) is 0. The molecule has 0 unspecified atom stereocenters. The number of para-hydroxylation sites is 1. The normalized spacial score (nSPS) is 10.2. The van der Waals surface area contributed by atoms with Crippen LogP contribution in [0.2, 0.25) is 5.02 Å². The Kier molecular flexibility index (Phi) is 5.15. The van der Waals surface area contributed by atoms with Gasteiger partial charge in [0.05, 0.1) is 4.92 Å². The minimum absolute atomic E-state index is 0.0657. The Morgan fingerprint density at radius 3 is 2.27 bits per heavy atom. The molecule has 0 aliphatic heterocycles. The third kappa shape index (κ3) is 4.17. The van der Waals surface area contributed by atoms with Gasteiger partial charge in [0.15, 0.2) is 0 Å². The smallest absolute Gasteiger partial charge is 0.283 e. The van der Waals surface area contributed by atoms with Crippen molar-refractivity contribution in [3.63, 3.8) is 0 Å². The summed E-state index contributed by atoms with van der Waals surface area (Å²) in [6, 6.07) is 19.9. The van der Waals surface area contributed by atoms with E-state index in [0.29, 0.717) is 17.2 Å². The number of nitrogens with zero attached hydrogens (tertiary/aromatic N) is 1. The average molecular weight is 369 g/mol. The average Bonchev–Trinajstić information content (AvgIpc) is 2.64. The zero-order chi connectivity index (χ0) is 18.5. The molecule has 26 heavy (non-hydrogen) atoms. The van der Waals surface area contributed by atoms with Crippen molar-refractivity contribution in [1.29, 1.82) is 0 Å². The van der Waals surface area contributed by atoms with Crippen LogP contribution in [-0.2, 0) is 0 Å². The third-order valence-electron chi connectivity index (χ3n) is 3.49. The molecule has 0 spiro atoms. The topological polar surface area (TPSA) is 81.5 Å². The van der Waals surface area contributed by atoms with Gasteiger partial charge in [-0.3, -0.25) is 14.9 Å². The highest BCUT2D eigenvalue weighted by Crippen LogP contribution is 2.26. The third-order valence-corrected chi connectivity index (χ3v) is 3.73. The van der Waals surface area contributed by atoms with Crippen LogP contribution < -0.4 is 10.1 Å². The summed E-state index contributed by atoms with van der Waals surface area (Å²) in [6.07, 6.45) is 0. The molecular weight excluding hydrogens is 356 g/mol. The van der Waals surface area contributed by atoms with Crippen molar-refractivity contribution in [3.05, 3.63) is 93.5 Å². The van der Waals surface area contributed by atoms with Crippen LogP contribution in [0.1, 0.15) is 10.4 Å². The van der Waals surface area contributed by atoms with Crippen molar-refractivity contribution in [2.75, 3.05) is 5.32 Å². The van der Waals surface area contributed by atoms with Crippen LogP contribution in [0.4, 0.5) is 11.4 Å².